The highest BCUT2D eigenvalue weighted by atomic mass is 35.5. The third-order valence-electron chi connectivity index (χ3n) is 1.35. The summed E-state index contributed by atoms with van der Waals surface area (Å²) < 4.78 is 5.93. The number of nitriles is 1. The lowest BCUT2D eigenvalue weighted by Crippen LogP contribution is -1.99. The van der Waals surface area contributed by atoms with E-state index in [-0.39, 0.29) is 0 Å². The van der Waals surface area contributed by atoms with E-state index in [1.807, 2.05) is 6.07 Å². The van der Waals surface area contributed by atoms with Gasteiger partial charge in [0, 0.05) is 18.0 Å². The Morgan fingerprint density at radius 2 is 2.46 bits per heavy atom. The van der Waals surface area contributed by atoms with Gasteiger partial charge in [0.1, 0.15) is 11.8 Å². The maximum atomic E-state index is 8.59. The molecule has 1 aromatic rings. The van der Waals surface area contributed by atoms with Gasteiger partial charge in [-0.1, -0.05) is 0 Å². The summed E-state index contributed by atoms with van der Waals surface area (Å²) in [6.45, 7) is 0. The number of thiol groups is 1. The number of nitrogens with zero attached hydrogens (tertiary/aromatic N) is 3. The molecule has 0 aliphatic heterocycles. The highest BCUT2D eigenvalue weighted by Gasteiger charge is 2.09. The third-order valence-corrected chi connectivity index (χ3v) is 1.75. The van der Waals surface area contributed by atoms with Gasteiger partial charge in [0.15, 0.2) is 0 Å². The maximum absolute atomic E-state index is 8.59. The molecule has 0 aliphatic rings. The second kappa shape index (κ2) is 4.21. The average molecular weight is 216 g/mol. The molecule has 0 N–H and O–H groups in total. The summed E-state index contributed by atoms with van der Waals surface area (Å²) in [5, 5.41) is 8.59. The molecule has 1 heterocycles. The van der Waals surface area contributed by atoms with Crippen LogP contribution >= 0.6 is 24.6 Å². The second-order valence-corrected chi connectivity index (χ2v) is 3.10. The Morgan fingerprint density at radius 3 is 2.92 bits per heavy atom. The molecule has 6 heteroatoms. The van der Waals surface area contributed by atoms with Crippen LogP contribution in [0.4, 0.5) is 5.69 Å². The molecule has 0 amide bonds. The molecular formula is C7H6ClN3OS. The van der Waals surface area contributed by atoms with Gasteiger partial charge in [-0.15, -0.1) is 0 Å². The number of pyridine rings is 1. The van der Waals surface area contributed by atoms with E-state index in [9.17, 15) is 0 Å². The zero-order chi connectivity index (χ0) is 9.84. The highest BCUT2D eigenvalue weighted by molar-refractivity contribution is 7.83. The quantitative estimate of drug-likeness (QED) is 0.604. The Bertz CT molecular complexity index is 350. The van der Waals surface area contributed by atoms with Crippen molar-refractivity contribution in [3.05, 3.63) is 17.8 Å². The van der Waals surface area contributed by atoms with E-state index in [1.165, 1.54) is 19.4 Å². The first kappa shape index (κ1) is 9.96. The number of rotatable bonds is 2. The van der Waals surface area contributed by atoms with Crippen molar-refractivity contribution in [2.24, 2.45) is 0 Å². The van der Waals surface area contributed by atoms with Gasteiger partial charge in [-0.3, -0.25) is 0 Å². The summed E-state index contributed by atoms with van der Waals surface area (Å²) in [6, 6.07) is 3.47. The highest BCUT2D eigenvalue weighted by Crippen LogP contribution is 2.29. The molecule has 13 heavy (non-hydrogen) atoms. The molecule has 4 nitrogen and oxygen atoms in total. The summed E-state index contributed by atoms with van der Waals surface area (Å²) in [6.07, 6.45) is 1.40. The molecule has 0 aromatic carbocycles. The van der Waals surface area contributed by atoms with Gasteiger partial charge in [0.25, 0.3) is 0 Å². The normalized spacial score (nSPS) is 9.08. The van der Waals surface area contributed by atoms with Gasteiger partial charge < -0.3 is 4.74 Å². The molecule has 0 unspecified atom stereocenters. The first-order chi connectivity index (χ1) is 6.19. The molecule has 0 fully saturated rings. The smallest absolute Gasteiger partial charge is 0.239 e. The number of ether oxygens (including phenoxy) is 1. The predicted molar refractivity (Wildman–Crippen MR) is 52.8 cm³/mol. The topological polar surface area (TPSA) is 49.1 Å². The van der Waals surface area contributed by atoms with E-state index in [2.05, 4.69) is 17.8 Å². The minimum Gasteiger partial charge on any atom is -0.479 e. The number of anilines is 1. The minimum absolute atomic E-state index is 0.323. The van der Waals surface area contributed by atoms with Crippen LogP contribution in [-0.2, 0) is 0 Å². The molecule has 1 aromatic heterocycles. The standard InChI is InChI=1S/C7H6ClN3OS/c1-12-7-6(11(8)13)2-5(3-9)4-10-7/h2,4,13H,1H3. The van der Waals surface area contributed by atoms with Crippen molar-refractivity contribution in [2.75, 3.05) is 10.9 Å². The second-order valence-electron chi connectivity index (χ2n) is 2.12. The van der Waals surface area contributed by atoms with E-state index >= 15 is 0 Å². The van der Waals surface area contributed by atoms with Crippen LogP contribution in [0, 0.1) is 11.3 Å². The average Bonchev–Trinajstić information content (AvgIpc) is 2.16. The Kier molecular flexibility index (Phi) is 3.23. The lowest BCUT2D eigenvalue weighted by Gasteiger charge is -2.10. The fourth-order valence-electron chi connectivity index (χ4n) is 0.791. The van der Waals surface area contributed by atoms with Crippen molar-refractivity contribution in [3.63, 3.8) is 0 Å². The van der Waals surface area contributed by atoms with E-state index < -0.39 is 0 Å². The largest absolute Gasteiger partial charge is 0.479 e. The minimum atomic E-state index is 0.323. The van der Waals surface area contributed by atoms with Crippen LogP contribution in [0.2, 0.25) is 0 Å². The number of methoxy groups -OCH3 is 1. The third kappa shape index (κ3) is 2.17. The summed E-state index contributed by atoms with van der Waals surface area (Å²) in [4.78, 5) is 3.87. The van der Waals surface area contributed by atoms with Crippen molar-refractivity contribution in [1.82, 2.24) is 4.98 Å². The molecule has 0 saturated heterocycles. The number of hydrogen-bond donors (Lipinski definition) is 1. The number of hydrogen-bond acceptors (Lipinski definition) is 5. The van der Waals surface area contributed by atoms with E-state index in [1.54, 1.807) is 0 Å². The Balaban J connectivity index is 3.20. The van der Waals surface area contributed by atoms with Gasteiger partial charge in [-0.25, -0.2) is 8.81 Å². The van der Waals surface area contributed by atoms with Crippen LogP contribution in [0.25, 0.3) is 0 Å². The van der Waals surface area contributed by atoms with Crippen LogP contribution in [0.1, 0.15) is 5.56 Å². The van der Waals surface area contributed by atoms with Gasteiger partial charge in [0.2, 0.25) is 5.88 Å². The van der Waals surface area contributed by atoms with Crippen molar-refractivity contribution >= 4 is 30.3 Å². The van der Waals surface area contributed by atoms with Gasteiger partial charge in [0.05, 0.1) is 12.7 Å². The number of aromatic nitrogens is 1. The maximum Gasteiger partial charge on any atom is 0.239 e. The van der Waals surface area contributed by atoms with Gasteiger partial charge >= 0.3 is 0 Å². The Hall–Kier alpha value is -1.12. The lowest BCUT2D eigenvalue weighted by molar-refractivity contribution is 0.400. The Morgan fingerprint density at radius 1 is 1.77 bits per heavy atom. The molecular weight excluding hydrogens is 210 g/mol. The molecule has 0 spiro atoms. The Labute approximate surface area is 86.4 Å². The molecule has 0 bridgehead atoms. The van der Waals surface area contributed by atoms with Crippen LogP contribution in [-0.4, -0.2) is 12.1 Å². The van der Waals surface area contributed by atoms with E-state index in [4.69, 9.17) is 21.8 Å². The van der Waals surface area contributed by atoms with E-state index in [0.29, 0.717) is 17.1 Å². The van der Waals surface area contributed by atoms with Crippen LogP contribution in [0.3, 0.4) is 0 Å². The summed E-state index contributed by atoms with van der Waals surface area (Å²) in [5.41, 5.74) is 0.835. The summed E-state index contributed by atoms with van der Waals surface area (Å²) >= 11 is 9.45. The van der Waals surface area contributed by atoms with Crippen molar-refractivity contribution in [2.45, 2.75) is 0 Å². The van der Waals surface area contributed by atoms with Crippen LogP contribution in [0.15, 0.2) is 12.3 Å². The van der Waals surface area contributed by atoms with Crippen molar-refractivity contribution < 1.29 is 4.74 Å². The van der Waals surface area contributed by atoms with E-state index in [0.717, 1.165) is 3.82 Å². The lowest BCUT2D eigenvalue weighted by atomic mass is 10.3. The molecule has 0 saturated carbocycles. The number of halogens is 1. The molecule has 0 radical (unpaired) electrons. The first-order valence-corrected chi connectivity index (χ1v) is 4.01. The fourth-order valence-corrected chi connectivity index (χ4v) is 1.06. The summed E-state index contributed by atoms with van der Waals surface area (Å²) in [7, 11) is 1.46. The monoisotopic (exact) mass is 215 g/mol. The SMILES string of the molecule is COc1ncc(C#N)cc1N(S)Cl. The molecule has 1 rings (SSSR count). The first-order valence-electron chi connectivity index (χ1n) is 3.28. The van der Waals surface area contributed by atoms with Crippen LogP contribution in [0.5, 0.6) is 5.88 Å². The predicted octanol–water partition coefficient (Wildman–Crippen LogP) is 1.77. The zero-order valence-electron chi connectivity index (χ0n) is 6.73. The van der Waals surface area contributed by atoms with Crippen molar-refractivity contribution in [1.29, 1.82) is 5.26 Å². The summed E-state index contributed by atoms with van der Waals surface area (Å²) in [5.74, 6) is 0.323. The molecule has 68 valence electrons. The van der Waals surface area contributed by atoms with Crippen LogP contribution < -0.4 is 8.56 Å². The van der Waals surface area contributed by atoms with Gasteiger partial charge in [-0.05, 0) is 18.9 Å². The van der Waals surface area contributed by atoms with Gasteiger partial charge in [-0.2, -0.15) is 5.26 Å². The van der Waals surface area contributed by atoms with Crippen molar-refractivity contribution in [3.8, 4) is 11.9 Å². The fraction of sp³-hybridized carbons (Fsp3) is 0.143. The zero-order valence-corrected chi connectivity index (χ0v) is 8.38. The molecule has 0 aliphatic carbocycles. The molecule has 0 atom stereocenters.